The number of hydrogen-bond donors (Lipinski definition) is 0. The fraction of sp³-hybridized carbons (Fsp3) is 0.533. The second kappa shape index (κ2) is 6.78. The van der Waals surface area contributed by atoms with Crippen molar-refractivity contribution >= 4 is 5.78 Å². The Bertz CT molecular complexity index is 430. The molecule has 0 radical (unpaired) electrons. The van der Waals surface area contributed by atoms with E-state index in [0.29, 0.717) is 24.6 Å². The average Bonchev–Trinajstić information content (AvgIpc) is 2.45. The van der Waals surface area contributed by atoms with Crippen molar-refractivity contribution in [3.63, 3.8) is 0 Å². The van der Waals surface area contributed by atoms with Gasteiger partial charge in [-0.05, 0) is 32.0 Å². The van der Waals surface area contributed by atoms with E-state index in [0.717, 1.165) is 26.1 Å². The van der Waals surface area contributed by atoms with Gasteiger partial charge in [-0.15, -0.1) is 0 Å². The van der Waals surface area contributed by atoms with Crippen molar-refractivity contribution in [2.24, 2.45) is 0 Å². The number of Topliss-reactive ketones (excluding diaryl/α,β-unsaturated/α-hetero) is 1. The highest BCUT2D eigenvalue weighted by Crippen LogP contribution is 2.14. The van der Waals surface area contributed by atoms with Gasteiger partial charge in [-0.1, -0.05) is 12.1 Å². The van der Waals surface area contributed by atoms with Gasteiger partial charge in [0.15, 0.2) is 5.78 Å². The summed E-state index contributed by atoms with van der Waals surface area (Å²) >= 11 is 0. The highest BCUT2D eigenvalue weighted by atomic mass is 19.1. The van der Waals surface area contributed by atoms with Crippen LogP contribution in [-0.4, -0.2) is 43.5 Å². The smallest absolute Gasteiger partial charge is 0.164 e. The Hall–Kier alpha value is -1.26. The standard InChI is InChI=1S/C15H20FNO2/c1-17(14-6-9-19-10-7-14)8-5-15(18)12-3-2-4-13(16)11-12/h2-4,11,14H,5-10H2,1H3. The molecule has 2 rings (SSSR count). The zero-order valence-electron chi connectivity index (χ0n) is 11.3. The highest BCUT2D eigenvalue weighted by Gasteiger charge is 2.19. The maximum Gasteiger partial charge on any atom is 0.164 e. The van der Waals surface area contributed by atoms with Gasteiger partial charge >= 0.3 is 0 Å². The summed E-state index contributed by atoms with van der Waals surface area (Å²) in [5.74, 6) is -0.359. The zero-order chi connectivity index (χ0) is 13.7. The van der Waals surface area contributed by atoms with Crippen LogP contribution in [0.1, 0.15) is 29.6 Å². The van der Waals surface area contributed by atoms with Gasteiger partial charge in [0.25, 0.3) is 0 Å². The fourth-order valence-corrected chi connectivity index (χ4v) is 2.39. The molecule has 1 heterocycles. The van der Waals surface area contributed by atoms with E-state index in [2.05, 4.69) is 4.90 Å². The van der Waals surface area contributed by atoms with E-state index in [4.69, 9.17) is 4.74 Å². The van der Waals surface area contributed by atoms with Gasteiger partial charge in [0.2, 0.25) is 0 Å². The first-order chi connectivity index (χ1) is 9.16. The molecule has 0 aromatic heterocycles. The molecule has 1 aliphatic rings. The third-order valence-corrected chi connectivity index (χ3v) is 3.65. The van der Waals surface area contributed by atoms with Crippen LogP contribution in [0.2, 0.25) is 0 Å². The quantitative estimate of drug-likeness (QED) is 0.766. The molecule has 1 aromatic rings. The molecule has 1 fully saturated rings. The Labute approximate surface area is 113 Å². The van der Waals surface area contributed by atoms with Crippen molar-refractivity contribution < 1.29 is 13.9 Å². The van der Waals surface area contributed by atoms with Crippen LogP contribution in [0, 0.1) is 5.82 Å². The molecule has 4 heteroatoms. The van der Waals surface area contributed by atoms with Crippen LogP contribution in [0.4, 0.5) is 4.39 Å². The maximum atomic E-state index is 13.0. The minimum atomic E-state index is -0.358. The van der Waals surface area contributed by atoms with Gasteiger partial charge in [0.1, 0.15) is 5.82 Å². The molecule has 104 valence electrons. The van der Waals surface area contributed by atoms with Gasteiger partial charge in [-0.3, -0.25) is 4.79 Å². The van der Waals surface area contributed by atoms with Crippen molar-refractivity contribution in [2.45, 2.75) is 25.3 Å². The summed E-state index contributed by atoms with van der Waals surface area (Å²) in [5, 5.41) is 0. The Morgan fingerprint density at radius 3 is 2.84 bits per heavy atom. The van der Waals surface area contributed by atoms with E-state index in [1.807, 2.05) is 7.05 Å². The molecule has 0 spiro atoms. The molecular weight excluding hydrogens is 245 g/mol. The van der Waals surface area contributed by atoms with Crippen LogP contribution in [0.5, 0.6) is 0 Å². The van der Waals surface area contributed by atoms with Crippen molar-refractivity contribution in [3.8, 4) is 0 Å². The molecule has 19 heavy (non-hydrogen) atoms. The summed E-state index contributed by atoms with van der Waals surface area (Å²) in [4.78, 5) is 14.2. The van der Waals surface area contributed by atoms with Crippen molar-refractivity contribution in [3.05, 3.63) is 35.6 Å². The van der Waals surface area contributed by atoms with Gasteiger partial charge in [0.05, 0.1) is 0 Å². The molecule has 0 N–H and O–H groups in total. The zero-order valence-corrected chi connectivity index (χ0v) is 11.3. The first-order valence-corrected chi connectivity index (χ1v) is 6.73. The van der Waals surface area contributed by atoms with E-state index in [1.54, 1.807) is 12.1 Å². The molecule has 0 amide bonds. The van der Waals surface area contributed by atoms with Crippen molar-refractivity contribution in [1.82, 2.24) is 4.90 Å². The Morgan fingerprint density at radius 2 is 2.16 bits per heavy atom. The van der Waals surface area contributed by atoms with Crippen LogP contribution in [0.3, 0.4) is 0 Å². The Morgan fingerprint density at radius 1 is 1.42 bits per heavy atom. The summed E-state index contributed by atoms with van der Waals surface area (Å²) in [6, 6.07) is 6.39. The predicted molar refractivity (Wildman–Crippen MR) is 71.8 cm³/mol. The average molecular weight is 265 g/mol. The molecular formula is C15H20FNO2. The third kappa shape index (κ3) is 4.11. The molecule has 0 atom stereocenters. The normalized spacial score (nSPS) is 16.8. The molecule has 0 aliphatic carbocycles. The molecule has 0 bridgehead atoms. The highest BCUT2D eigenvalue weighted by molar-refractivity contribution is 5.96. The number of ketones is 1. The number of carbonyl (C=O) groups is 1. The summed E-state index contributed by atoms with van der Waals surface area (Å²) in [5.41, 5.74) is 0.459. The van der Waals surface area contributed by atoms with E-state index < -0.39 is 0 Å². The monoisotopic (exact) mass is 265 g/mol. The Balaban J connectivity index is 1.82. The summed E-state index contributed by atoms with van der Waals surface area (Å²) in [6.07, 6.45) is 2.46. The molecule has 1 aliphatic heterocycles. The van der Waals surface area contributed by atoms with Crippen LogP contribution >= 0.6 is 0 Å². The second-order valence-corrected chi connectivity index (χ2v) is 5.01. The fourth-order valence-electron chi connectivity index (χ4n) is 2.39. The minimum Gasteiger partial charge on any atom is -0.381 e. The largest absolute Gasteiger partial charge is 0.381 e. The number of halogens is 1. The van der Waals surface area contributed by atoms with Crippen LogP contribution < -0.4 is 0 Å². The predicted octanol–water partition coefficient (Wildman–Crippen LogP) is 2.51. The maximum absolute atomic E-state index is 13.0. The number of carbonyl (C=O) groups excluding carboxylic acids is 1. The molecule has 0 saturated carbocycles. The van der Waals surface area contributed by atoms with E-state index in [1.165, 1.54) is 12.1 Å². The number of hydrogen-bond acceptors (Lipinski definition) is 3. The molecule has 3 nitrogen and oxygen atoms in total. The van der Waals surface area contributed by atoms with Gasteiger partial charge < -0.3 is 9.64 Å². The molecule has 0 unspecified atom stereocenters. The number of nitrogens with zero attached hydrogens (tertiary/aromatic N) is 1. The summed E-state index contributed by atoms with van der Waals surface area (Å²) < 4.78 is 18.4. The SMILES string of the molecule is CN(CCC(=O)c1cccc(F)c1)C1CCOCC1. The van der Waals surface area contributed by atoms with Crippen LogP contribution in [0.15, 0.2) is 24.3 Å². The van der Waals surface area contributed by atoms with Crippen LogP contribution in [-0.2, 0) is 4.74 Å². The first-order valence-electron chi connectivity index (χ1n) is 6.73. The van der Waals surface area contributed by atoms with E-state index >= 15 is 0 Å². The molecule has 1 saturated heterocycles. The second-order valence-electron chi connectivity index (χ2n) is 5.01. The summed E-state index contributed by atoms with van der Waals surface area (Å²) in [7, 11) is 2.04. The minimum absolute atomic E-state index is 0.00147. The lowest BCUT2D eigenvalue weighted by Crippen LogP contribution is -2.37. The van der Waals surface area contributed by atoms with E-state index in [9.17, 15) is 9.18 Å². The summed E-state index contributed by atoms with van der Waals surface area (Å²) in [6.45, 7) is 2.31. The van der Waals surface area contributed by atoms with Crippen molar-refractivity contribution in [2.75, 3.05) is 26.8 Å². The third-order valence-electron chi connectivity index (χ3n) is 3.65. The lowest BCUT2D eigenvalue weighted by Gasteiger charge is -2.30. The Kier molecular flexibility index (Phi) is 5.05. The van der Waals surface area contributed by atoms with Crippen LogP contribution in [0.25, 0.3) is 0 Å². The number of rotatable bonds is 5. The van der Waals surface area contributed by atoms with E-state index in [-0.39, 0.29) is 11.6 Å². The lowest BCUT2D eigenvalue weighted by atomic mass is 10.1. The molecule has 1 aromatic carbocycles. The topological polar surface area (TPSA) is 29.5 Å². The van der Waals surface area contributed by atoms with Gasteiger partial charge in [-0.25, -0.2) is 4.39 Å². The first kappa shape index (κ1) is 14.2. The number of benzene rings is 1. The van der Waals surface area contributed by atoms with Crippen molar-refractivity contribution in [1.29, 1.82) is 0 Å². The number of ether oxygens (including phenoxy) is 1. The van der Waals surface area contributed by atoms with Gasteiger partial charge in [-0.2, -0.15) is 0 Å². The van der Waals surface area contributed by atoms with Gasteiger partial charge in [0, 0.05) is 37.8 Å². The lowest BCUT2D eigenvalue weighted by molar-refractivity contribution is 0.0425.